The van der Waals surface area contributed by atoms with Gasteiger partial charge in [-0.2, -0.15) is 18.4 Å². The number of benzene rings is 1. The van der Waals surface area contributed by atoms with Crippen LogP contribution in [-0.4, -0.2) is 28.2 Å². The normalized spacial score (nSPS) is 13.7. The Morgan fingerprint density at radius 3 is 2.52 bits per heavy atom. The van der Waals surface area contributed by atoms with E-state index in [9.17, 15) is 21.6 Å². The molecule has 21 heavy (non-hydrogen) atoms. The number of halogens is 3. The van der Waals surface area contributed by atoms with Crippen LogP contribution in [0.3, 0.4) is 0 Å². The van der Waals surface area contributed by atoms with Crippen molar-refractivity contribution in [3.8, 4) is 6.07 Å². The summed E-state index contributed by atoms with van der Waals surface area (Å²) in [5.41, 5.74) is -1.92. The summed E-state index contributed by atoms with van der Waals surface area (Å²) in [6.45, 7) is 1.58. The van der Waals surface area contributed by atoms with Crippen molar-refractivity contribution in [3.05, 3.63) is 29.3 Å². The summed E-state index contributed by atoms with van der Waals surface area (Å²) in [5, 5.41) is 8.66. The summed E-state index contributed by atoms with van der Waals surface area (Å²) < 4.78 is 69.3. The first-order valence-electron chi connectivity index (χ1n) is 5.74. The van der Waals surface area contributed by atoms with Gasteiger partial charge in [-0.05, 0) is 25.1 Å². The number of nitriles is 1. The molecule has 1 aromatic carbocycles. The number of sulfonamides is 1. The van der Waals surface area contributed by atoms with Gasteiger partial charge in [0.2, 0.25) is 10.0 Å². The van der Waals surface area contributed by atoms with E-state index in [-0.39, 0.29) is 6.61 Å². The molecule has 9 heteroatoms. The molecule has 1 rings (SSSR count). The summed E-state index contributed by atoms with van der Waals surface area (Å²) >= 11 is 0. The fraction of sp³-hybridized carbons (Fsp3) is 0.417. The van der Waals surface area contributed by atoms with Crippen LogP contribution in [0, 0.1) is 11.3 Å². The van der Waals surface area contributed by atoms with E-state index >= 15 is 0 Å². The molecule has 0 bridgehead atoms. The molecule has 0 spiro atoms. The van der Waals surface area contributed by atoms with E-state index < -0.39 is 38.3 Å². The highest BCUT2D eigenvalue weighted by molar-refractivity contribution is 7.89. The molecule has 0 aliphatic heterocycles. The van der Waals surface area contributed by atoms with Crippen LogP contribution in [0.5, 0.6) is 0 Å². The minimum absolute atomic E-state index is 0.0711. The van der Waals surface area contributed by atoms with E-state index in [1.807, 2.05) is 0 Å². The van der Waals surface area contributed by atoms with Gasteiger partial charge in [-0.1, -0.05) is 0 Å². The van der Waals surface area contributed by atoms with Gasteiger partial charge >= 0.3 is 6.18 Å². The molecular weight excluding hydrogens is 309 g/mol. The predicted molar refractivity (Wildman–Crippen MR) is 67.8 cm³/mol. The van der Waals surface area contributed by atoms with Crippen LogP contribution in [0.2, 0.25) is 0 Å². The minimum Gasteiger partial charge on any atom is -0.383 e. The molecule has 0 unspecified atom stereocenters. The van der Waals surface area contributed by atoms with Crippen LogP contribution in [0.25, 0.3) is 0 Å². The number of alkyl halides is 3. The number of rotatable bonds is 5. The lowest BCUT2D eigenvalue weighted by Crippen LogP contribution is -2.35. The summed E-state index contributed by atoms with van der Waals surface area (Å²) in [6.07, 6.45) is -4.81. The molecule has 1 atom stereocenters. The topological polar surface area (TPSA) is 79.2 Å². The highest BCUT2D eigenvalue weighted by Gasteiger charge is 2.35. The maximum atomic E-state index is 12.8. The van der Waals surface area contributed by atoms with Gasteiger partial charge < -0.3 is 4.74 Å². The molecular formula is C12H13F3N2O3S. The third-order valence-electron chi connectivity index (χ3n) is 2.50. The fourth-order valence-corrected chi connectivity index (χ4v) is 2.89. The molecule has 1 N–H and O–H groups in total. The Labute approximate surface area is 120 Å². The molecule has 0 heterocycles. The van der Waals surface area contributed by atoms with Crippen molar-refractivity contribution in [2.45, 2.75) is 24.0 Å². The zero-order valence-electron chi connectivity index (χ0n) is 11.2. The van der Waals surface area contributed by atoms with E-state index in [1.165, 1.54) is 20.1 Å². The summed E-state index contributed by atoms with van der Waals surface area (Å²) in [5.74, 6) is 0. The Bertz CT molecular complexity index is 651. The van der Waals surface area contributed by atoms with Gasteiger partial charge in [0.05, 0.1) is 28.7 Å². The van der Waals surface area contributed by atoms with Crippen molar-refractivity contribution in [2.75, 3.05) is 13.7 Å². The van der Waals surface area contributed by atoms with Gasteiger partial charge in [0.15, 0.2) is 0 Å². The Balaban J connectivity index is 3.24. The number of nitrogens with one attached hydrogen (secondary N) is 1. The molecule has 0 radical (unpaired) electrons. The van der Waals surface area contributed by atoms with Crippen LogP contribution in [0.1, 0.15) is 18.1 Å². The maximum Gasteiger partial charge on any atom is 0.417 e. The zero-order chi connectivity index (χ0) is 16.3. The number of nitrogens with zero attached hydrogens (tertiary/aromatic N) is 1. The van der Waals surface area contributed by atoms with Gasteiger partial charge in [0.1, 0.15) is 0 Å². The molecule has 0 aromatic heterocycles. The lowest BCUT2D eigenvalue weighted by atomic mass is 10.1. The van der Waals surface area contributed by atoms with E-state index in [0.717, 1.165) is 12.1 Å². The molecule has 1 aromatic rings. The highest BCUT2D eigenvalue weighted by Crippen LogP contribution is 2.33. The summed E-state index contributed by atoms with van der Waals surface area (Å²) in [6, 6.07) is 3.01. The van der Waals surface area contributed by atoms with Crippen molar-refractivity contribution in [2.24, 2.45) is 0 Å². The van der Waals surface area contributed by atoms with Crippen molar-refractivity contribution in [1.29, 1.82) is 5.26 Å². The number of methoxy groups -OCH3 is 1. The zero-order valence-corrected chi connectivity index (χ0v) is 12.0. The lowest BCUT2D eigenvalue weighted by Gasteiger charge is -2.15. The summed E-state index contributed by atoms with van der Waals surface area (Å²) in [7, 11) is -2.76. The Morgan fingerprint density at radius 2 is 2.05 bits per heavy atom. The summed E-state index contributed by atoms with van der Waals surface area (Å²) in [4.78, 5) is -0.559. The fourth-order valence-electron chi connectivity index (χ4n) is 1.64. The Hall–Kier alpha value is -1.63. The average Bonchev–Trinajstić information content (AvgIpc) is 2.36. The molecule has 0 aliphatic rings. The van der Waals surface area contributed by atoms with Crippen LogP contribution in [-0.2, 0) is 20.9 Å². The minimum atomic E-state index is -4.81. The number of ether oxygens (including phenoxy) is 1. The average molecular weight is 322 g/mol. The van der Waals surface area contributed by atoms with E-state index in [1.54, 1.807) is 0 Å². The van der Waals surface area contributed by atoms with Crippen LogP contribution in [0.4, 0.5) is 13.2 Å². The monoisotopic (exact) mass is 322 g/mol. The van der Waals surface area contributed by atoms with Crippen molar-refractivity contribution < 1.29 is 26.3 Å². The smallest absolute Gasteiger partial charge is 0.383 e. The lowest BCUT2D eigenvalue weighted by molar-refractivity contribution is -0.137. The van der Waals surface area contributed by atoms with Crippen molar-refractivity contribution in [3.63, 3.8) is 0 Å². The second-order valence-corrected chi connectivity index (χ2v) is 6.01. The molecule has 0 fully saturated rings. The van der Waals surface area contributed by atoms with Gasteiger partial charge in [-0.25, -0.2) is 13.1 Å². The SMILES string of the molecule is COC[C@@H](C)NS(=O)(=O)c1ccc(C#N)c(C(F)(F)F)c1. The largest absolute Gasteiger partial charge is 0.417 e. The quantitative estimate of drug-likeness (QED) is 0.898. The first kappa shape index (κ1) is 17.4. The van der Waals surface area contributed by atoms with Gasteiger partial charge in [0.25, 0.3) is 0 Å². The van der Waals surface area contributed by atoms with E-state index in [2.05, 4.69) is 4.72 Å². The van der Waals surface area contributed by atoms with Gasteiger partial charge in [-0.3, -0.25) is 0 Å². The maximum absolute atomic E-state index is 12.8. The third kappa shape index (κ3) is 4.42. The number of hydrogen-bond donors (Lipinski definition) is 1. The predicted octanol–water partition coefficient (Wildman–Crippen LogP) is 1.89. The van der Waals surface area contributed by atoms with Crippen LogP contribution >= 0.6 is 0 Å². The third-order valence-corrected chi connectivity index (χ3v) is 4.09. The Morgan fingerprint density at radius 1 is 1.43 bits per heavy atom. The van der Waals surface area contributed by atoms with Crippen molar-refractivity contribution >= 4 is 10.0 Å². The molecule has 0 amide bonds. The first-order valence-corrected chi connectivity index (χ1v) is 7.22. The van der Waals surface area contributed by atoms with Crippen LogP contribution < -0.4 is 4.72 Å². The molecule has 5 nitrogen and oxygen atoms in total. The highest BCUT2D eigenvalue weighted by atomic mass is 32.2. The second kappa shape index (κ2) is 6.43. The van der Waals surface area contributed by atoms with Gasteiger partial charge in [0, 0.05) is 13.2 Å². The molecule has 116 valence electrons. The first-order chi connectivity index (χ1) is 9.61. The number of hydrogen-bond acceptors (Lipinski definition) is 4. The van der Waals surface area contributed by atoms with Gasteiger partial charge in [-0.15, -0.1) is 0 Å². The van der Waals surface area contributed by atoms with E-state index in [0.29, 0.717) is 6.07 Å². The molecule has 0 aliphatic carbocycles. The van der Waals surface area contributed by atoms with Crippen molar-refractivity contribution in [1.82, 2.24) is 4.72 Å². The van der Waals surface area contributed by atoms with Crippen LogP contribution in [0.15, 0.2) is 23.1 Å². The Kier molecular flexibility index (Phi) is 5.33. The van der Waals surface area contributed by atoms with E-state index in [4.69, 9.17) is 10.00 Å². The molecule has 0 saturated carbocycles. The standard InChI is InChI=1S/C12H13F3N2O3S/c1-8(7-20-2)17-21(18,19)10-4-3-9(6-16)11(5-10)12(13,14)15/h3-5,8,17H,7H2,1-2H3/t8-/m1/s1. The second-order valence-electron chi connectivity index (χ2n) is 4.29. The molecule has 0 saturated heterocycles.